The fraction of sp³-hybridized carbons (Fsp3) is 0.348. The first kappa shape index (κ1) is 23.5. The smallest absolute Gasteiger partial charge is 0.380 e. The lowest BCUT2D eigenvalue weighted by molar-refractivity contribution is -0.188. The number of carbonyl (C=O) groups excluding carboxylic acids is 1. The second-order valence-corrected chi connectivity index (χ2v) is 7.33. The maximum Gasteiger partial charge on any atom is 0.471 e. The Bertz CT molecular complexity index is 1160. The number of fused-ring (bicyclic) bond motifs is 1. The molecule has 1 aromatic heterocycles. The average Bonchev–Trinajstić information content (AvgIpc) is 2.76. The van der Waals surface area contributed by atoms with Gasteiger partial charge in [0.2, 0.25) is 0 Å². The zero-order chi connectivity index (χ0) is 23.5. The molecular weight excluding hydrogens is 423 g/mol. The number of ether oxygens (including phenoxy) is 1. The normalized spacial score (nSPS) is 12.7. The highest BCUT2D eigenvalue weighted by Crippen LogP contribution is 2.27. The molecule has 0 bridgehead atoms. The zero-order valence-electron chi connectivity index (χ0n) is 18.0. The van der Waals surface area contributed by atoms with Crippen LogP contribution in [0.25, 0.3) is 16.6 Å². The van der Waals surface area contributed by atoms with E-state index in [2.05, 4.69) is 4.98 Å². The van der Waals surface area contributed by atoms with E-state index in [0.717, 1.165) is 5.56 Å². The highest BCUT2D eigenvalue weighted by atomic mass is 19.4. The second kappa shape index (κ2) is 9.52. The SMILES string of the molecule is CCOCCN(C(=O)C(F)(F)F)C(C)c1nc2ccccc2c(=O)n1-c1ccc(C)cc1. The number of carbonyl (C=O) groups is 1. The van der Waals surface area contributed by atoms with Gasteiger partial charge in [0, 0.05) is 13.2 Å². The third kappa shape index (κ3) is 4.83. The molecule has 0 aliphatic rings. The van der Waals surface area contributed by atoms with E-state index in [4.69, 9.17) is 4.74 Å². The van der Waals surface area contributed by atoms with Crippen molar-refractivity contribution in [2.45, 2.75) is 33.0 Å². The number of nitrogens with zero attached hydrogens (tertiary/aromatic N) is 3. The van der Waals surface area contributed by atoms with Crippen LogP contribution in [0.1, 0.15) is 31.3 Å². The zero-order valence-corrected chi connectivity index (χ0v) is 18.0. The van der Waals surface area contributed by atoms with E-state index >= 15 is 0 Å². The predicted molar refractivity (Wildman–Crippen MR) is 115 cm³/mol. The van der Waals surface area contributed by atoms with Crippen molar-refractivity contribution in [1.82, 2.24) is 14.5 Å². The molecule has 1 amide bonds. The summed E-state index contributed by atoms with van der Waals surface area (Å²) in [6.45, 7) is 4.93. The molecule has 2 aromatic carbocycles. The van der Waals surface area contributed by atoms with E-state index in [1.54, 1.807) is 55.5 Å². The van der Waals surface area contributed by atoms with Crippen molar-refractivity contribution in [3.05, 3.63) is 70.3 Å². The van der Waals surface area contributed by atoms with E-state index in [1.165, 1.54) is 11.5 Å². The van der Waals surface area contributed by atoms with Gasteiger partial charge in [-0.2, -0.15) is 13.2 Å². The molecule has 0 saturated heterocycles. The number of para-hydroxylation sites is 1. The summed E-state index contributed by atoms with van der Waals surface area (Å²) in [5, 5.41) is 0.326. The molecule has 0 radical (unpaired) electrons. The minimum Gasteiger partial charge on any atom is -0.380 e. The third-order valence-corrected chi connectivity index (χ3v) is 5.12. The van der Waals surface area contributed by atoms with Crippen LogP contribution in [0.3, 0.4) is 0 Å². The number of halogens is 3. The first-order valence-corrected chi connectivity index (χ1v) is 10.2. The Morgan fingerprint density at radius 2 is 1.81 bits per heavy atom. The number of hydrogen-bond acceptors (Lipinski definition) is 4. The maximum atomic E-state index is 13.4. The molecule has 3 aromatic rings. The number of benzene rings is 2. The molecule has 0 fully saturated rings. The molecule has 1 heterocycles. The molecule has 32 heavy (non-hydrogen) atoms. The standard InChI is InChI=1S/C23H24F3N3O3/c1-4-32-14-13-28(22(31)23(24,25)26)16(3)20-27-19-8-6-5-7-18(19)21(30)29(20)17-11-9-15(2)10-12-17/h5-12,16H,4,13-14H2,1-3H3. The Hall–Kier alpha value is -3.20. The van der Waals surface area contributed by atoms with Crippen LogP contribution in [0.15, 0.2) is 53.3 Å². The van der Waals surface area contributed by atoms with Crippen molar-refractivity contribution >= 4 is 16.8 Å². The van der Waals surface area contributed by atoms with Crippen molar-refractivity contribution in [3.8, 4) is 5.69 Å². The topological polar surface area (TPSA) is 64.4 Å². The van der Waals surface area contributed by atoms with Crippen LogP contribution in [0.2, 0.25) is 0 Å². The molecule has 0 N–H and O–H groups in total. The van der Waals surface area contributed by atoms with Crippen LogP contribution < -0.4 is 5.56 Å². The second-order valence-electron chi connectivity index (χ2n) is 7.33. The van der Waals surface area contributed by atoms with E-state index in [0.29, 0.717) is 28.1 Å². The van der Waals surface area contributed by atoms with Crippen molar-refractivity contribution < 1.29 is 22.7 Å². The molecule has 0 aliphatic heterocycles. The van der Waals surface area contributed by atoms with Crippen molar-refractivity contribution in [1.29, 1.82) is 0 Å². The number of aromatic nitrogens is 2. The van der Waals surface area contributed by atoms with Crippen LogP contribution >= 0.6 is 0 Å². The fourth-order valence-electron chi connectivity index (χ4n) is 3.45. The fourth-order valence-corrected chi connectivity index (χ4v) is 3.45. The van der Waals surface area contributed by atoms with Gasteiger partial charge in [-0.3, -0.25) is 14.2 Å². The molecule has 1 atom stereocenters. The first-order chi connectivity index (χ1) is 15.1. The summed E-state index contributed by atoms with van der Waals surface area (Å²) in [7, 11) is 0. The minimum atomic E-state index is -5.08. The highest BCUT2D eigenvalue weighted by Gasteiger charge is 2.44. The summed E-state index contributed by atoms with van der Waals surface area (Å²) in [5.41, 5.74) is 1.32. The quantitative estimate of drug-likeness (QED) is 0.510. The lowest BCUT2D eigenvalue weighted by atomic mass is 10.1. The van der Waals surface area contributed by atoms with Gasteiger partial charge >= 0.3 is 12.1 Å². The van der Waals surface area contributed by atoms with Gasteiger partial charge in [-0.1, -0.05) is 29.8 Å². The summed E-state index contributed by atoms with van der Waals surface area (Å²) in [4.78, 5) is 30.8. The van der Waals surface area contributed by atoms with Crippen LogP contribution in [0.4, 0.5) is 13.2 Å². The van der Waals surface area contributed by atoms with Crippen molar-refractivity contribution in [2.24, 2.45) is 0 Å². The van der Waals surface area contributed by atoms with Gasteiger partial charge in [-0.15, -0.1) is 0 Å². The molecule has 170 valence electrons. The van der Waals surface area contributed by atoms with Crippen LogP contribution in [0, 0.1) is 6.92 Å². The van der Waals surface area contributed by atoms with Gasteiger partial charge in [-0.25, -0.2) is 4.98 Å². The van der Waals surface area contributed by atoms with Crippen LogP contribution in [-0.4, -0.2) is 46.3 Å². The van der Waals surface area contributed by atoms with Crippen LogP contribution in [-0.2, 0) is 9.53 Å². The molecule has 0 spiro atoms. The molecular formula is C23H24F3N3O3. The Kier molecular flexibility index (Phi) is 6.98. The van der Waals surface area contributed by atoms with Gasteiger partial charge in [-0.05, 0) is 45.0 Å². The summed E-state index contributed by atoms with van der Waals surface area (Å²) in [5.74, 6) is -1.98. The van der Waals surface area contributed by atoms with E-state index in [-0.39, 0.29) is 19.0 Å². The molecule has 9 heteroatoms. The number of rotatable bonds is 7. The predicted octanol–water partition coefficient (Wildman–Crippen LogP) is 4.18. The van der Waals surface area contributed by atoms with E-state index in [9.17, 15) is 22.8 Å². The Morgan fingerprint density at radius 1 is 1.16 bits per heavy atom. The summed E-state index contributed by atoms with van der Waals surface area (Å²) in [6, 6.07) is 12.4. The van der Waals surface area contributed by atoms with Crippen LogP contribution in [0.5, 0.6) is 0 Å². The number of alkyl halides is 3. The van der Waals surface area contributed by atoms with Crippen molar-refractivity contribution in [2.75, 3.05) is 19.8 Å². The van der Waals surface area contributed by atoms with Crippen molar-refractivity contribution in [3.63, 3.8) is 0 Å². The largest absolute Gasteiger partial charge is 0.471 e. The highest BCUT2D eigenvalue weighted by molar-refractivity contribution is 5.82. The average molecular weight is 447 g/mol. The monoisotopic (exact) mass is 447 g/mol. The van der Waals surface area contributed by atoms with Gasteiger partial charge in [0.1, 0.15) is 5.82 Å². The summed E-state index contributed by atoms with van der Waals surface area (Å²) >= 11 is 0. The third-order valence-electron chi connectivity index (χ3n) is 5.12. The Morgan fingerprint density at radius 3 is 2.44 bits per heavy atom. The molecule has 1 unspecified atom stereocenters. The lowest BCUT2D eigenvalue weighted by Crippen LogP contribution is -2.45. The molecule has 6 nitrogen and oxygen atoms in total. The number of amides is 1. The lowest BCUT2D eigenvalue weighted by Gasteiger charge is -2.31. The van der Waals surface area contributed by atoms with Gasteiger partial charge in [0.15, 0.2) is 0 Å². The maximum absolute atomic E-state index is 13.4. The minimum absolute atomic E-state index is 0.0339. The van der Waals surface area contributed by atoms with Gasteiger partial charge in [0.25, 0.3) is 5.56 Å². The first-order valence-electron chi connectivity index (χ1n) is 10.2. The number of aryl methyl sites for hydroxylation is 1. The van der Waals surface area contributed by atoms with Gasteiger partial charge < -0.3 is 9.64 Å². The van der Waals surface area contributed by atoms with E-state index < -0.39 is 23.7 Å². The van der Waals surface area contributed by atoms with E-state index in [1.807, 2.05) is 6.92 Å². The summed E-state index contributed by atoms with van der Waals surface area (Å²) in [6.07, 6.45) is -5.08. The molecule has 0 saturated carbocycles. The number of hydrogen-bond donors (Lipinski definition) is 0. The molecule has 3 rings (SSSR count). The Balaban J connectivity index is 2.21. The van der Waals surface area contributed by atoms with Gasteiger partial charge in [0.05, 0.1) is 29.2 Å². The molecule has 0 aliphatic carbocycles. The summed E-state index contributed by atoms with van der Waals surface area (Å²) < 4.78 is 46.5. The Labute approximate surface area is 183 Å².